The van der Waals surface area contributed by atoms with Crippen LogP contribution in [0.4, 0.5) is 0 Å². The SMILES string of the molecule is c1ccc(-c2cccc3c(C4CCCCC4)nccc23)cc1. The van der Waals surface area contributed by atoms with Crippen LogP contribution in [0.25, 0.3) is 21.9 Å². The Morgan fingerprint density at radius 1 is 0.727 bits per heavy atom. The lowest BCUT2D eigenvalue weighted by Crippen LogP contribution is -2.07. The average molecular weight is 287 g/mol. The second-order valence-corrected chi connectivity index (χ2v) is 6.30. The number of fused-ring (bicyclic) bond motifs is 1. The number of nitrogens with zero attached hydrogens (tertiary/aromatic N) is 1. The first-order chi connectivity index (χ1) is 10.9. The lowest BCUT2D eigenvalue weighted by molar-refractivity contribution is 0.439. The van der Waals surface area contributed by atoms with E-state index in [2.05, 4.69) is 54.6 Å². The van der Waals surface area contributed by atoms with Gasteiger partial charge in [0.2, 0.25) is 0 Å². The molecule has 0 spiro atoms. The fourth-order valence-corrected chi connectivity index (χ4v) is 3.80. The van der Waals surface area contributed by atoms with Crippen molar-refractivity contribution in [3.8, 4) is 11.1 Å². The molecule has 1 aliphatic rings. The zero-order valence-corrected chi connectivity index (χ0v) is 12.8. The Bertz CT molecular complexity index is 770. The summed E-state index contributed by atoms with van der Waals surface area (Å²) in [6, 6.07) is 19.5. The first-order valence-corrected chi connectivity index (χ1v) is 8.36. The molecule has 0 saturated heterocycles. The van der Waals surface area contributed by atoms with Gasteiger partial charge < -0.3 is 0 Å². The van der Waals surface area contributed by atoms with Crippen LogP contribution in [0.1, 0.15) is 43.7 Å². The van der Waals surface area contributed by atoms with Crippen LogP contribution in [0.5, 0.6) is 0 Å². The van der Waals surface area contributed by atoms with E-state index in [1.165, 1.54) is 59.7 Å². The van der Waals surface area contributed by atoms with Crippen molar-refractivity contribution >= 4 is 10.8 Å². The van der Waals surface area contributed by atoms with Gasteiger partial charge in [-0.15, -0.1) is 0 Å². The maximum atomic E-state index is 4.77. The molecular formula is C21H21N. The van der Waals surface area contributed by atoms with E-state index in [4.69, 9.17) is 4.98 Å². The van der Waals surface area contributed by atoms with E-state index < -0.39 is 0 Å². The topological polar surface area (TPSA) is 12.9 Å². The molecule has 1 aromatic heterocycles. The summed E-state index contributed by atoms with van der Waals surface area (Å²) >= 11 is 0. The van der Waals surface area contributed by atoms with Gasteiger partial charge in [0.15, 0.2) is 0 Å². The van der Waals surface area contributed by atoms with Crippen LogP contribution in [0, 0.1) is 0 Å². The highest BCUT2D eigenvalue weighted by Gasteiger charge is 2.19. The van der Waals surface area contributed by atoms with Crippen molar-refractivity contribution < 1.29 is 0 Å². The van der Waals surface area contributed by atoms with Gasteiger partial charge in [-0.2, -0.15) is 0 Å². The molecule has 1 fully saturated rings. The molecule has 22 heavy (non-hydrogen) atoms. The molecule has 0 amide bonds. The summed E-state index contributed by atoms with van der Waals surface area (Å²) in [6.45, 7) is 0. The molecule has 1 heteroatoms. The molecule has 0 N–H and O–H groups in total. The van der Waals surface area contributed by atoms with Crippen LogP contribution in [-0.2, 0) is 0 Å². The second kappa shape index (κ2) is 5.92. The molecule has 1 aliphatic carbocycles. The minimum atomic E-state index is 0.642. The summed E-state index contributed by atoms with van der Waals surface area (Å²) in [4.78, 5) is 4.77. The molecule has 2 aromatic carbocycles. The molecule has 3 aromatic rings. The largest absolute Gasteiger partial charge is 0.260 e. The van der Waals surface area contributed by atoms with Crippen molar-refractivity contribution in [3.63, 3.8) is 0 Å². The molecular weight excluding hydrogens is 266 g/mol. The van der Waals surface area contributed by atoms with E-state index in [1.54, 1.807) is 0 Å². The number of rotatable bonds is 2. The second-order valence-electron chi connectivity index (χ2n) is 6.30. The summed E-state index contributed by atoms with van der Waals surface area (Å²) in [7, 11) is 0. The summed E-state index contributed by atoms with van der Waals surface area (Å²) in [6.07, 6.45) is 8.67. The van der Waals surface area contributed by atoms with E-state index >= 15 is 0 Å². The van der Waals surface area contributed by atoms with Crippen LogP contribution in [0.2, 0.25) is 0 Å². The van der Waals surface area contributed by atoms with E-state index in [-0.39, 0.29) is 0 Å². The Kier molecular flexibility index (Phi) is 3.64. The molecule has 1 nitrogen and oxygen atoms in total. The van der Waals surface area contributed by atoms with E-state index in [0.29, 0.717) is 5.92 Å². The summed E-state index contributed by atoms with van der Waals surface area (Å²) < 4.78 is 0. The molecule has 110 valence electrons. The monoisotopic (exact) mass is 287 g/mol. The van der Waals surface area contributed by atoms with Gasteiger partial charge in [-0.05, 0) is 35.4 Å². The predicted octanol–water partition coefficient (Wildman–Crippen LogP) is 5.95. The molecule has 0 atom stereocenters. The zero-order valence-electron chi connectivity index (χ0n) is 12.8. The first kappa shape index (κ1) is 13.5. The smallest absolute Gasteiger partial charge is 0.0512 e. The van der Waals surface area contributed by atoms with Crippen molar-refractivity contribution in [2.45, 2.75) is 38.0 Å². The van der Waals surface area contributed by atoms with Crippen LogP contribution in [-0.4, -0.2) is 4.98 Å². The Balaban J connectivity index is 1.88. The Morgan fingerprint density at radius 2 is 1.55 bits per heavy atom. The highest BCUT2D eigenvalue weighted by atomic mass is 14.7. The van der Waals surface area contributed by atoms with Gasteiger partial charge in [-0.25, -0.2) is 0 Å². The maximum absolute atomic E-state index is 4.77. The van der Waals surface area contributed by atoms with Crippen molar-refractivity contribution in [2.75, 3.05) is 0 Å². The third-order valence-electron chi connectivity index (χ3n) is 4.91. The predicted molar refractivity (Wildman–Crippen MR) is 93.0 cm³/mol. The van der Waals surface area contributed by atoms with Crippen molar-refractivity contribution in [1.29, 1.82) is 0 Å². The van der Waals surface area contributed by atoms with Crippen LogP contribution >= 0.6 is 0 Å². The number of pyridine rings is 1. The Hall–Kier alpha value is -2.15. The lowest BCUT2D eigenvalue weighted by atomic mass is 9.84. The maximum Gasteiger partial charge on any atom is 0.0512 e. The highest BCUT2D eigenvalue weighted by molar-refractivity contribution is 5.97. The highest BCUT2D eigenvalue weighted by Crippen LogP contribution is 2.37. The van der Waals surface area contributed by atoms with Crippen molar-refractivity contribution in [2.24, 2.45) is 0 Å². The molecule has 1 saturated carbocycles. The van der Waals surface area contributed by atoms with Gasteiger partial charge in [-0.3, -0.25) is 4.98 Å². The Morgan fingerprint density at radius 3 is 2.36 bits per heavy atom. The molecule has 0 radical (unpaired) electrons. The van der Waals surface area contributed by atoms with Crippen molar-refractivity contribution in [1.82, 2.24) is 4.98 Å². The number of hydrogen-bond donors (Lipinski definition) is 0. The van der Waals surface area contributed by atoms with Crippen LogP contribution in [0.15, 0.2) is 60.8 Å². The lowest BCUT2D eigenvalue weighted by Gasteiger charge is -2.22. The van der Waals surface area contributed by atoms with Gasteiger partial charge in [0, 0.05) is 17.5 Å². The number of hydrogen-bond acceptors (Lipinski definition) is 1. The first-order valence-electron chi connectivity index (χ1n) is 8.36. The van der Waals surface area contributed by atoms with Gasteiger partial charge in [0.1, 0.15) is 0 Å². The average Bonchev–Trinajstić information content (AvgIpc) is 2.62. The molecule has 0 aliphatic heterocycles. The minimum Gasteiger partial charge on any atom is -0.260 e. The van der Waals surface area contributed by atoms with Crippen LogP contribution in [0.3, 0.4) is 0 Å². The third-order valence-corrected chi connectivity index (χ3v) is 4.91. The Labute approximate surface area is 132 Å². The quantitative estimate of drug-likeness (QED) is 0.567. The van der Waals surface area contributed by atoms with Gasteiger partial charge in [-0.1, -0.05) is 67.8 Å². The molecule has 1 heterocycles. The summed E-state index contributed by atoms with van der Waals surface area (Å²) in [5.41, 5.74) is 3.92. The summed E-state index contributed by atoms with van der Waals surface area (Å²) in [5.74, 6) is 0.642. The van der Waals surface area contributed by atoms with E-state index in [0.717, 1.165) is 0 Å². The van der Waals surface area contributed by atoms with Gasteiger partial charge in [0.05, 0.1) is 5.69 Å². The molecule has 4 rings (SSSR count). The standard InChI is InChI=1S/C21H21N/c1-3-8-16(9-4-1)18-12-7-13-20-19(18)14-15-22-21(20)17-10-5-2-6-11-17/h1,3-4,7-9,12-15,17H,2,5-6,10-11H2. The van der Waals surface area contributed by atoms with Gasteiger partial charge >= 0.3 is 0 Å². The number of benzene rings is 2. The van der Waals surface area contributed by atoms with Gasteiger partial charge in [0.25, 0.3) is 0 Å². The number of aromatic nitrogens is 1. The van der Waals surface area contributed by atoms with E-state index in [9.17, 15) is 0 Å². The van der Waals surface area contributed by atoms with Crippen molar-refractivity contribution in [3.05, 3.63) is 66.5 Å². The normalized spacial score (nSPS) is 16.0. The van der Waals surface area contributed by atoms with Crippen LogP contribution < -0.4 is 0 Å². The fraction of sp³-hybridized carbons (Fsp3) is 0.286. The third kappa shape index (κ3) is 2.41. The zero-order chi connectivity index (χ0) is 14.8. The fourth-order valence-electron chi connectivity index (χ4n) is 3.80. The minimum absolute atomic E-state index is 0.642. The van der Waals surface area contributed by atoms with E-state index in [1.807, 2.05) is 6.20 Å². The molecule has 0 unspecified atom stereocenters. The molecule has 0 bridgehead atoms. The summed E-state index contributed by atoms with van der Waals surface area (Å²) in [5, 5.41) is 2.68.